The van der Waals surface area contributed by atoms with Gasteiger partial charge in [0.15, 0.2) is 5.78 Å². The van der Waals surface area contributed by atoms with Gasteiger partial charge >= 0.3 is 0 Å². The Morgan fingerprint density at radius 1 is 1.33 bits per heavy atom. The lowest BCUT2D eigenvalue weighted by atomic mass is 9.48. The standard InChI is InChI=1S/C22H26O2/c1-4-9-22-11-7-16(23)13-15(22)12-14(2)20-17-5-6-19(24)21(17,3)10-8-18(20)22/h1,8,13-14,17,20H,5-7,9-12H2,2-3H3/t14-,17?,20?,21?,22-/m0/s1. The smallest absolute Gasteiger partial charge is 0.155 e. The van der Waals surface area contributed by atoms with Crippen LogP contribution in [0.5, 0.6) is 0 Å². The molecule has 2 heteroatoms. The average molecular weight is 322 g/mol. The molecule has 3 unspecified atom stereocenters. The number of hydrogen-bond acceptors (Lipinski definition) is 2. The second kappa shape index (κ2) is 5.19. The molecular formula is C22H26O2. The number of allylic oxidation sites excluding steroid dienone is 4. The maximum absolute atomic E-state index is 12.5. The Labute approximate surface area is 144 Å². The minimum atomic E-state index is -0.175. The van der Waals surface area contributed by atoms with E-state index in [1.54, 1.807) is 0 Å². The number of rotatable bonds is 1. The monoisotopic (exact) mass is 322 g/mol. The first-order valence-corrected chi connectivity index (χ1v) is 9.33. The molecule has 2 nitrogen and oxygen atoms in total. The van der Waals surface area contributed by atoms with Crippen LogP contribution in [0.4, 0.5) is 0 Å². The van der Waals surface area contributed by atoms with Crippen molar-refractivity contribution in [3.05, 3.63) is 23.3 Å². The summed E-state index contributed by atoms with van der Waals surface area (Å²) in [5.74, 6) is 4.99. The van der Waals surface area contributed by atoms with Crippen molar-refractivity contribution in [3.63, 3.8) is 0 Å². The second-order valence-corrected chi connectivity index (χ2v) is 8.66. The first kappa shape index (κ1) is 15.9. The Bertz CT molecular complexity index is 719. The lowest BCUT2D eigenvalue weighted by molar-refractivity contribution is -0.127. The number of Topliss-reactive ketones (excluding diaryl/α,β-unsaturated/α-hetero) is 1. The maximum Gasteiger partial charge on any atom is 0.155 e. The van der Waals surface area contributed by atoms with Gasteiger partial charge in [-0.15, -0.1) is 12.3 Å². The Kier molecular flexibility index (Phi) is 3.43. The number of carbonyl (C=O) groups is 2. The molecule has 4 rings (SSSR count). The van der Waals surface area contributed by atoms with Crippen LogP contribution < -0.4 is 0 Å². The van der Waals surface area contributed by atoms with Gasteiger partial charge < -0.3 is 0 Å². The summed E-state index contributed by atoms with van der Waals surface area (Å²) in [5.41, 5.74) is 2.45. The first-order valence-electron chi connectivity index (χ1n) is 9.33. The molecule has 4 aliphatic carbocycles. The van der Waals surface area contributed by atoms with Crippen molar-refractivity contribution in [2.45, 2.75) is 58.8 Å². The summed E-state index contributed by atoms with van der Waals surface area (Å²) in [7, 11) is 0. The zero-order chi connectivity index (χ0) is 17.1. The third kappa shape index (κ3) is 1.91. The van der Waals surface area contributed by atoms with Crippen LogP contribution in [-0.2, 0) is 9.59 Å². The van der Waals surface area contributed by atoms with Gasteiger partial charge in [-0.2, -0.15) is 0 Å². The lowest BCUT2D eigenvalue weighted by Crippen LogP contribution is -2.48. The highest BCUT2D eigenvalue weighted by molar-refractivity contribution is 5.92. The van der Waals surface area contributed by atoms with Crippen LogP contribution in [0, 0.1) is 40.9 Å². The molecule has 0 aromatic carbocycles. The van der Waals surface area contributed by atoms with Crippen molar-refractivity contribution >= 4 is 11.6 Å². The van der Waals surface area contributed by atoms with Crippen LogP contribution >= 0.6 is 0 Å². The number of ketones is 2. The first-order chi connectivity index (χ1) is 11.4. The van der Waals surface area contributed by atoms with Gasteiger partial charge in [0.25, 0.3) is 0 Å². The largest absolute Gasteiger partial charge is 0.299 e. The van der Waals surface area contributed by atoms with E-state index in [1.165, 1.54) is 11.1 Å². The molecule has 0 spiro atoms. The normalized spacial score (nSPS) is 44.0. The van der Waals surface area contributed by atoms with Gasteiger partial charge in [0.2, 0.25) is 0 Å². The van der Waals surface area contributed by atoms with Crippen LogP contribution in [0.25, 0.3) is 0 Å². The Morgan fingerprint density at radius 3 is 2.88 bits per heavy atom. The summed E-state index contributed by atoms with van der Waals surface area (Å²) in [5, 5.41) is 0. The number of carbonyl (C=O) groups excluding carboxylic acids is 2. The van der Waals surface area contributed by atoms with Crippen LogP contribution in [0.3, 0.4) is 0 Å². The molecule has 0 aliphatic heterocycles. The molecule has 0 radical (unpaired) electrons. The summed E-state index contributed by atoms with van der Waals surface area (Å²) >= 11 is 0. The highest BCUT2D eigenvalue weighted by Crippen LogP contribution is 2.64. The predicted molar refractivity (Wildman–Crippen MR) is 94.0 cm³/mol. The van der Waals surface area contributed by atoms with E-state index in [9.17, 15) is 9.59 Å². The van der Waals surface area contributed by atoms with E-state index < -0.39 is 0 Å². The van der Waals surface area contributed by atoms with E-state index in [1.807, 2.05) is 6.08 Å². The summed E-state index contributed by atoms with van der Waals surface area (Å²) in [6.45, 7) is 4.48. The van der Waals surface area contributed by atoms with E-state index in [0.717, 1.165) is 32.1 Å². The van der Waals surface area contributed by atoms with Crippen LogP contribution in [0.2, 0.25) is 0 Å². The average Bonchev–Trinajstić information content (AvgIpc) is 2.84. The third-order valence-corrected chi connectivity index (χ3v) is 7.54. The highest BCUT2D eigenvalue weighted by Gasteiger charge is 2.58. The SMILES string of the molecule is C#CC[C@]12CCC(=O)C=C1C[C@H](C)C1C2=CCC2(C)C(=O)CCC12. The van der Waals surface area contributed by atoms with Crippen molar-refractivity contribution in [2.24, 2.45) is 28.6 Å². The molecular weight excluding hydrogens is 296 g/mol. The number of hydrogen-bond donors (Lipinski definition) is 0. The molecule has 0 aromatic rings. The van der Waals surface area contributed by atoms with Crippen molar-refractivity contribution in [2.75, 3.05) is 0 Å². The van der Waals surface area contributed by atoms with Crippen molar-refractivity contribution < 1.29 is 9.59 Å². The minimum absolute atomic E-state index is 0.104. The quantitative estimate of drug-likeness (QED) is 0.534. The Balaban J connectivity index is 1.86. The fourth-order valence-corrected chi connectivity index (χ4v) is 6.27. The molecule has 0 amide bonds. The van der Waals surface area contributed by atoms with Gasteiger partial charge in [0.1, 0.15) is 5.78 Å². The highest BCUT2D eigenvalue weighted by atomic mass is 16.1. The zero-order valence-corrected chi connectivity index (χ0v) is 14.7. The van der Waals surface area contributed by atoms with Crippen molar-refractivity contribution in [1.29, 1.82) is 0 Å². The molecule has 0 aromatic heterocycles. The van der Waals surface area contributed by atoms with Gasteiger partial charge in [-0.1, -0.05) is 31.1 Å². The fraction of sp³-hybridized carbons (Fsp3) is 0.636. The van der Waals surface area contributed by atoms with Crippen LogP contribution in [0.15, 0.2) is 23.3 Å². The Morgan fingerprint density at radius 2 is 2.12 bits per heavy atom. The summed E-state index contributed by atoms with van der Waals surface area (Å²) in [6.07, 6.45) is 15.7. The van der Waals surface area contributed by atoms with E-state index in [4.69, 9.17) is 6.42 Å². The second-order valence-electron chi connectivity index (χ2n) is 8.66. The molecule has 0 heterocycles. The molecule has 0 saturated heterocycles. The minimum Gasteiger partial charge on any atom is -0.299 e. The van der Waals surface area contributed by atoms with Gasteiger partial charge in [-0.05, 0) is 49.5 Å². The summed E-state index contributed by atoms with van der Waals surface area (Å²) < 4.78 is 0. The number of terminal acetylenes is 1. The van der Waals surface area contributed by atoms with Crippen LogP contribution in [0.1, 0.15) is 58.8 Å². The Hall–Kier alpha value is -1.62. The van der Waals surface area contributed by atoms with E-state index in [0.29, 0.717) is 36.4 Å². The molecule has 5 atom stereocenters. The number of fused-ring (bicyclic) bond motifs is 5. The van der Waals surface area contributed by atoms with E-state index >= 15 is 0 Å². The molecule has 2 fully saturated rings. The van der Waals surface area contributed by atoms with Crippen molar-refractivity contribution in [3.8, 4) is 12.3 Å². The molecule has 2 saturated carbocycles. The molecule has 0 N–H and O–H groups in total. The summed E-state index contributed by atoms with van der Waals surface area (Å²) in [6, 6.07) is 0. The zero-order valence-electron chi connectivity index (χ0n) is 14.7. The lowest BCUT2D eigenvalue weighted by Gasteiger charge is -2.55. The predicted octanol–water partition coefficient (Wildman–Crippen LogP) is 4.26. The topological polar surface area (TPSA) is 34.1 Å². The molecule has 0 bridgehead atoms. The van der Waals surface area contributed by atoms with Crippen molar-refractivity contribution in [1.82, 2.24) is 0 Å². The maximum atomic E-state index is 12.5. The summed E-state index contributed by atoms with van der Waals surface area (Å²) in [4.78, 5) is 24.5. The molecule has 126 valence electrons. The van der Waals surface area contributed by atoms with E-state index in [-0.39, 0.29) is 16.6 Å². The van der Waals surface area contributed by atoms with Crippen LogP contribution in [-0.4, -0.2) is 11.6 Å². The van der Waals surface area contributed by atoms with E-state index in [2.05, 4.69) is 25.8 Å². The fourth-order valence-electron chi connectivity index (χ4n) is 6.27. The van der Waals surface area contributed by atoms with Gasteiger partial charge in [0, 0.05) is 30.1 Å². The molecule has 24 heavy (non-hydrogen) atoms. The van der Waals surface area contributed by atoms with Gasteiger partial charge in [0.05, 0.1) is 0 Å². The van der Waals surface area contributed by atoms with Gasteiger partial charge in [-0.25, -0.2) is 0 Å². The third-order valence-electron chi connectivity index (χ3n) is 7.54. The molecule has 4 aliphatic rings. The van der Waals surface area contributed by atoms with Gasteiger partial charge in [-0.3, -0.25) is 9.59 Å².